The number of esters is 1. The molecule has 0 spiro atoms. The van der Waals surface area contributed by atoms with E-state index in [1.165, 1.54) is 7.11 Å². The molecule has 0 aromatic heterocycles. The molecule has 1 fully saturated rings. The van der Waals surface area contributed by atoms with Crippen LogP contribution in [0.25, 0.3) is 0 Å². The quantitative estimate of drug-likeness (QED) is 0.573. The van der Waals surface area contributed by atoms with Crippen molar-refractivity contribution in [3.05, 3.63) is 0 Å². The summed E-state index contributed by atoms with van der Waals surface area (Å²) in [4.78, 5) is 11.6. The third kappa shape index (κ3) is 0.785. The average Bonchev–Trinajstić information content (AvgIpc) is 2.56. The molecule has 0 saturated heterocycles. The third-order valence-electron chi connectivity index (χ3n) is 3.71. The van der Waals surface area contributed by atoms with Crippen LogP contribution < -0.4 is 0 Å². The second-order valence-corrected chi connectivity index (χ2v) is 4.00. The van der Waals surface area contributed by atoms with Crippen LogP contribution in [0.2, 0.25) is 0 Å². The van der Waals surface area contributed by atoms with Gasteiger partial charge in [0.2, 0.25) is 0 Å². The number of hydrogen-bond acceptors (Lipinski definition) is 4. The molecule has 1 heterocycles. The number of fused-ring (bicyclic) bond motifs is 1. The molecule has 1 saturated carbocycles. The zero-order valence-corrected chi connectivity index (χ0v) is 8.15. The molecule has 4 nitrogen and oxygen atoms in total. The third-order valence-corrected chi connectivity index (χ3v) is 3.71. The number of methoxy groups -OCH3 is 1. The van der Waals surface area contributed by atoms with E-state index in [0.717, 1.165) is 0 Å². The number of azo groups is 1. The molecule has 0 bridgehead atoms. The summed E-state index contributed by atoms with van der Waals surface area (Å²) in [6.07, 6.45) is 0. The monoisotopic (exact) mass is 182 g/mol. The van der Waals surface area contributed by atoms with Gasteiger partial charge in [-0.25, -0.2) is 4.79 Å². The Morgan fingerprint density at radius 2 is 2.23 bits per heavy atom. The van der Waals surface area contributed by atoms with Crippen molar-refractivity contribution in [2.75, 3.05) is 13.7 Å². The van der Waals surface area contributed by atoms with E-state index in [2.05, 4.69) is 17.2 Å². The molecule has 1 aliphatic heterocycles. The van der Waals surface area contributed by atoms with Crippen molar-refractivity contribution in [1.82, 2.24) is 0 Å². The normalized spacial score (nSPS) is 46.8. The van der Waals surface area contributed by atoms with Crippen LogP contribution in [0.15, 0.2) is 10.2 Å². The Balaban J connectivity index is 2.30. The first kappa shape index (κ1) is 8.66. The molecule has 2 aliphatic rings. The molecule has 4 heteroatoms. The smallest absolute Gasteiger partial charge is 0.336 e. The number of rotatable bonds is 1. The lowest BCUT2D eigenvalue weighted by Crippen LogP contribution is -2.63. The Morgan fingerprint density at radius 3 is 2.85 bits per heavy atom. The number of carbonyl (C=O) groups excluding carboxylic acids is 1. The highest BCUT2D eigenvalue weighted by atomic mass is 16.5. The largest absolute Gasteiger partial charge is 0.467 e. The van der Waals surface area contributed by atoms with Crippen molar-refractivity contribution >= 4 is 5.97 Å². The Kier molecular flexibility index (Phi) is 1.68. The lowest BCUT2D eigenvalue weighted by atomic mass is 9.53. The van der Waals surface area contributed by atoms with E-state index in [1.54, 1.807) is 0 Å². The summed E-state index contributed by atoms with van der Waals surface area (Å²) in [6, 6.07) is 0. The van der Waals surface area contributed by atoms with Crippen molar-refractivity contribution in [2.45, 2.75) is 19.4 Å². The predicted octanol–water partition coefficient (Wildman–Crippen LogP) is 1.27. The fourth-order valence-electron chi connectivity index (χ4n) is 2.63. The van der Waals surface area contributed by atoms with Gasteiger partial charge in [0.25, 0.3) is 0 Å². The Labute approximate surface area is 77.4 Å². The van der Waals surface area contributed by atoms with Gasteiger partial charge in [-0.05, 0) is 11.8 Å². The van der Waals surface area contributed by atoms with Gasteiger partial charge in [-0.2, -0.15) is 10.2 Å². The van der Waals surface area contributed by atoms with Crippen LogP contribution in [-0.4, -0.2) is 25.2 Å². The maximum absolute atomic E-state index is 11.6. The number of hydrogen-bond donors (Lipinski definition) is 0. The number of nitrogens with zero attached hydrogens (tertiary/aromatic N) is 2. The van der Waals surface area contributed by atoms with Crippen LogP contribution in [-0.2, 0) is 9.53 Å². The van der Waals surface area contributed by atoms with Gasteiger partial charge in [0, 0.05) is 5.92 Å². The topological polar surface area (TPSA) is 51.0 Å². The van der Waals surface area contributed by atoms with E-state index in [0.29, 0.717) is 12.5 Å². The molecule has 72 valence electrons. The summed E-state index contributed by atoms with van der Waals surface area (Å²) in [6.45, 7) is 4.87. The fourth-order valence-corrected chi connectivity index (χ4v) is 2.63. The second-order valence-electron chi connectivity index (χ2n) is 4.00. The van der Waals surface area contributed by atoms with Crippen LogP contribution in [0.3, 0.4) is 0 Å². The highest BCUT2D eigenvalue weighted by Gasteiger charge is 2.66. The molecule has 0 unspecified atom stereocenters. The summed E-state index contributed by atoms with van der Waals surface area (Å²) >= 11 is 0. The van der Waals surface area contributed by atoms with Gasteiger partial charge in [-0.15, -0.1) is 0 Å². The highest BCUT2D eigenvalue weighted by molar-refractivity contribution is 5.84. The van der Waals surface area contributed by atoms with Crippen LogP contribution in [0.1, 0.15) is 13.8 Å². The van der Waals surface area contributed by atoms with Gasteiger partial charge >= 0.3 is 5.97 Å². The van der Waals surface area contributed by atoms with E-state index >= 15 is 0 Å². The summed E-state index contributed by atoms with van der Waals surface area (Å²) in [5, 5.41) is 8.06. The Morgan fingerprint density at radius 1 is 1.54 bits per heavy atom. The van der Waals surface area contributed by atoms with Gasteiger partial charge in [0.05, 0.1) is 13.7 Å². The molecule has 1 aliphatic carbocycles. The van der Waals surface area contributed by atoms with E-state index in [-0.39, 0.29) is 17.8 Å². The molecule has 0 aromatic carbocycles. The summed E-state index contributed by atoms with van der Waals surface area (Å²) in [7, 11) is 1.41. The average molecular weight is 182 g/mol. The first-order valence-corrected chi connectivity index (χ1v) is 4.61. The minimum absolute atomic E-state index is 0.218. The van der Waals surface area contributed by atoms with Gasteiger partial charge < -0.3 is 4.74 Å². The lowest BCUT2D eigenvalue weighted by molar-refractivity contribution is -0.162. The second kappa shape index (κ2) is 2.53. The van der Waals surface area contributed by atoms with Gasteiger partial charge in [0.1, 0.15) is 0 Å². The zero-order valence-electron chi connectivity index (χ0n) is 8.15. The van der Waals surface area contributed by atoms with Crippen molar-refractivity contribution in [1.29, 1.82) is 0 Å². The van der Waals surface area contributed by atoms with Crippen molar-refractivity contribution in [3.63, 3.8) is 0 Å². The maximum atomic E-state index is 11.6. The van der Waals surface area contributed by atoms with Gasteiger partial charge in [0.15, 0.2) is 5.54 Å². The fraction of sp³-hybridized carbons (Fsp3) is 0.889. The van der Waals surface area contributed by atoms with E-state index < -0.39 is 5.54 Å². The molecule has 0 aromatic rings. The van der Waals surface area contributed by atoms with Gasteiger partial charge in [-0.3, -0.25) is 0 Å². The molecular weight excluding hydrogens is 168 g/mol. The summed E-state index contributed by atoms with van der Waals surface area (Å²) in [5.41, 5.74) is -0.631. The SMILES string of the molecule is COC(=O)[C@]12N=NC[C@H]1[C@@H](C)[C@H]2C. The van der Waals surface area contributed by atoms with Crippen LogP contribution in [0, 0.1) is 17.8 Å². The van der Waals surface area contributed by atoms with Crippen LogP contribution in [0.5, 0.6) is 0 Å². The van der Waals surface area contributed by atoms with E-state index in [9.17, 15) is 4.79 Å². The van der Waals surface area contributed by atoms with Crippen molar-refractivity contribution in [3.8, 4) is 0 Å². The zero-order chi connectivity index (χ0) is 9.64. The number of carbonyl (C=O) groups is 1. The lowest BCUT2D eigenvalue weighted by Gasteiger charge is -2.50. The molecule has 4 atom stereocenters. The predicted molar refractivity (Wildman–Crippen MR) is 46.3 cm³/mol. The Bertz CT molecular complexity index is 277. The molecule has 0 amide bonds. The van der Waals surface area contributed by atoms with Crippen molar-refractivity contribution in [2.24, 2.45) is 28.0 Å². The number of ether oxygens (including phenoxy) is 1. The molecule has 2 rings (SSSR count). The van der Waals surface area contributed by atoms with E-state index in [1.807, 2.05) is 6.92 Å². The maximum Gasteiger partial charge on any atom is 0.336 e. The Hall–Kier alpha value is -0.930. The van der Waals surface area contributed by atoms with E-state index in [4.69, 9.17) is 4.74 Å². The molecule has 0 N–H and O–H groups in total. The highest BCUT2D eigenvalue weighted by Crippen LogP contribution is 2.55. The first-order valence-electron chi connectivity index (χ1n) is 4.61. The van der Waals surface area contributed by atoms with Gasteiger partial charge in [-0.1, -0.05) is 13.8 Å². The summed E-state index contributed by atoms with van der Waals surface area (Å²) in [5.74, 6) is 0.838. The molecular formula is C9H14N2O2. The molecule has 0 radical (unpaired) electrons. The minimum Gasteiger partial charge on any atom is -0.467 e. The molecule has 13 heavy (non-hydrogen) atoms. The minimum atomic E-state index is -0.631. The first-order chi connectivity index (χ1) is 6.14. The summed E-state index contributed by atoms with van der Waals surface area (Å²) < 4.78 is 4.78. The van der Waals surface area contributed by atoms with Crippen molar-refractivity contribution < 1.29 is 9.53 Å². The van der Waals surface area contributed by atoms with Crippen LogP contribution >= 0.6 is 0 Å². The standard InChI is InChI=1S/C9H14N2O2/c1-5-6(2)9(8(12)13-3)7(5)4-10-11-9/h5-7H,4H2,1-3H3/t5-,6+,7-,9+/m0/s1. The van der Waals surface area contributed by atoms with Crippen LogP contribution in [0.4, 0.5) is 0 Å².